The Kier molecular flexibility index (Phi) is 1.72. The molecule has 1 heteroatoms. The smallest absolute Gasteiger partial charge is 0.167 e. The Morgan fingerprint density at radius 1 is 1.07 bits per heavy atom. The molecular formula is C13H18N+. The van der Waals surface area contributed by atoms with Crippen LogP contribution in [-0.2, 0) is 0 Å². The van der Waals surface area contributed by atoms with E-state index in [9.17, 15) is 0 Å². The van der Waals surface area contributed by atoms with Crippen LogP contribution in [0, 0.1) is 0 Å². The Morgan fingerprint density at radius 2 is 1.71 bits per heavy atom. The average molecular weight is 188 g/mol. The highest BCUT2D eigenvalue weighted by atomic mass is 15.5. The molecule has 2 atom stereocenters. The van der Waals surface area contributed by atoms with Crippen LogP contribution in [0.25, 0.3) is 0 Å². The van der Waals surface area contributed by atoms with Crippen LogP contribution in [0.1, 0.15) is 31.4 Å². The van der Waals surface area contributed by atoms with Crippen molar-refractivity contribution in [1.29, 1.82) is 0 Å². The van der Waals surface area contributed by atoms with E-state index in [2.05, 4.69) is 37.3 Å². The maximum absolute atomic E-state index is 2.42. The molecule has 1 aromatic rings. The highest BCUT2D eigenvalue weighted by Gasteiger charge is 2.64. The van der Waals surface area contributed by atoms with Gasteiger partial charge in [-0.3, -0.25) is 0 Å². The third-order valence-electron chi connectivity index (χ3n) is 4.27. The van der Waals surface area contributed by atoms with E-state index in [1.807, 2.05) is 0 Å². The molecule has 0 radical (unpaired) electrons. The summed E-state index contributed by atoms with van der Waals surface area (Å²) in [5.74, 6) is 0. The molecule has 2 saturated heterocycles. The van der Waals surface area contributed by atoms with E-state index in [0.29, 0.717) is 0 Å². The van der Waals surface area contributed by atoms with Crippen LogP contribution in [0.2, 0.25) is 0 Å². The van der Waals surface area contributed by atoms with Gasteiger partial charge in [0.25, 0.3) is 0 Å². The monoisotopic (exact) mass is 188 g/mol. The zero-order chi connectivity index (χ0) is 9.60. The molecule has 1 nitrogen and oxygen atoms in total. The zero-order valence-corrected chi connectivity index (χ0v) is 8.82. The number of hydrogen-bond acceptors (Lipinski definition) is 0. The second-order valence-electron chi connectivity index (χ2n) is 4.85. The van der Waals surface area contributed by atoms with Gasteiger partial charge in [-0.2, -0.15) is 0 Å². The first-order valence-corrected chi connectivity index (χ1v) is 5.76. The Labute approximate surface area is 85.9 Å². The van der Waals surface area contributed by atoms with Gasteiger partial charge >= 0.3 is 0 Å². The third kappa shape index (κ3) is 0.992. The summed E-state index contributed by atoms with van der Waals surface area (Å²) in [4.78, 5) is 0. The lowest BCUT2D eigenvalue weighted by Crippen LogP contribution is -2.24. The number of nitrogens with zero attached hydrogens (tertiary/aromatic N) is 1. The second-order valence-corrected chi connectivity index (χ2v) is 4.85. The fourth-order valence-electron chi connectivity index (χ4n) is 3.45. The SMILES string of the molecule is C[C@H]1[C@H](c2ccccc2)[N+]12CCCC2. The lowest BCUT2D eigenvalue weighted by Gasteiger charge is -2.12. The predicted molar refractivity (Wildman–Crippen MR) is 57.9 cm³/mol. The van der Waals surface area contributed by atoms with E-state index in [1.54, 1.807) is 5.56 Å². The van der Waals surface area contributed by atoms with Gasteiger partial charge < -0.3 is 4.48 Å². The summed E-state index contributed by atoms with van der Waals surface area (Å²) in [5.41, 5.74) is 1.56. The van der Waals surface area contributed by atoms with Crippen molar-refractivity contribution in [2.45, 2.75) is 31.8 Å². The quantitative estimate of drug-likeness (QED) is 0.469. The minimum absolute atomic E-state index is 0.818. The summed E-state index contributed by atoms with van der Waals surface area (Å²) < 4.78 is 1.39. The van der Waals surface area contributed by atoms with Crippen molar-refractivity contribution in [3.8, 4) is 0 Å². The molecule has 2 heterocycles. The minimum Gasteiger partial charge on any atom is -0.305 e. The first kappa shape index (κ1) is 8.49. The van der Waals surface area contributed by atoms with Gasteiger partial charge in [0.1, 0.15) is 6.04 Å². The molecule has 0 aromatic heterocycles. The van der Waals surface area contributed by atoms with Crippen molar-refractivity contribution in [3.63, 3.8) is 0 Å². The molecule has 2 fully saturated rings. The summed E-state index contributed by atoms with van der Waals surface area (Å²) in [6.45, 7) is 5.25. The van der Waals surface area contributed by atoms with E-state index in [0.717, 1.165) is 12.1 Å². The van der Waals surface area contributed by atoms with Crippen LogP contribution in [0.3, 0.4) is 0 Å². The van der Waals surface area contributed by atoms with E-state index in [-0.39, 0.29) is 0 Å². The van der Waals surface area contributed by atoms with Gasteiger partial charge in [-0.1, -0.05) is 30.3 Å². The molecule has 1 spiro atoms. The molecule has 0 amide bonds. The minimum atomic E-state index is 0.818. The fraction of sp³-hybridized carbons (Fsp3) is 0.538. The summed E-state index contributed by atoms with van der Waals surface area (Å²) in [6, 6.07) is 12.8. The zero-order valence-electron chi connectivity index (χ0n) is 8.82. The molecule has 1 aromatic carbocycles. The van der Waals surface area contributed by atoms with E-state index < -0.39 is 0 Å². The topological polar surface area (TPSA) is 0 Å². The van der Waals surface area contributed by atoms with Gasteiger partial charge in [0, 0.05) is 18.4 Å². The van der Waals surface area contributed by atoms with Gasteiger partial charge in [-0.25, -0.2) is 0 Å². The molecule has 14 heavy (non-hydrogen) atoms. The van der Waals surface area contributed by atoms with E-state index in [4.69, 9.17) is 0 Å². The van der Waals surface area contributed by atoms with Crippen LogP contribution in [0.5, 0.6) is 0 Å². The van der Waals surface area contributed by atoms with Crippen molar-refractivity contribution in [2.24, 2.45) is 0 Å². The molecule has 3 rings (SSSR count). The van der Waals surface area contributed by atoms with Crippen molar-refractivity contribution in [3.05, 3.63) is 35.9 Å². The second kappa shape index (κ2) is 2.83. The van der Waals surface area contributed by atoms with Gasteiger partial charge in [-0.15, -0.1) is 0 Å². The predicted octanol–water partition coefficient (Wildman–Crippen LogP) is 2.74. The van der Waals surface area contributed by atoms with Gasteiger partial charge in [0.15, 0.2) is 6.04 Å². The molecule has 0 N–H and O–H groups in total. The number of benzene rings is 1. The first-order valence-electron chi connectivity index (χ1n) is 5.76. The third-order valence-corrected chi connectivity index (χ3v) is 4.27. The lowest BCUT2D eigenvalue weighted by molar-refractivity contribution is -0.815. The normalized spacial score (nSPS) is 33.5. The Bertz CT molecular complexity index is 324. The van der Waals surface area contributed by atoms with Crippen LogP contribution in [-0.4, -0.2) is 23.6 Å². The highest BCUT2D eigenvalue weighted by molar-refractivity contribution is 5.22. The molecule has 0 aliphatic carbocycles. The van der Waals surface area contributed by atoms with Crippen LogP contribution < -0.4 is 0 Å². The molecular weight excluding hydrogens is 170 g/mol. The summed E-state index contributed by atoms with van der Waals surface area (Å²) in [6.07, 6.45) is 2.88. The first-order chi connectivity index (χ1) is 6.84. The van der Waals surface area contributed by atoms with Crippen molar-refractivity contribution in [1.82, 2.24) is 0 Å². The Hall–Kier alpha value is -0.820. The molecule has 0 unspecified atom stereocenters. The Balaban J connectivity index is 1.89. The maximum Gasteiger partial charge on any atom is 0.167 e. The van der Waals surface area contributed by atoms with Gasteiger partial charge in [0.05, 0.1) is 13.1 Å². The van der Waals surface area contributed by atoms with Crippen LogP contribution in [0.4, 0.5) is 0 Å². The van der Waals surface area contributed by atoms with Crippen molar-refractivity contribution < 1.29 is 4.48 Å². The molecule has 0 saturated carbocycles. The van der Waals surface area contributed by atoms with Gasteiger partial charge in [-0.05, 0) is 6.92 Å². The summed E-state index contributed by atoms with van der Waals surface area (Å²) in [5, 5.41) is 0. The number of quaternary nitrogens is 1. The van der Waals surface area contributed by atoms with Crippen molar-refractivity contribution in [2.75, 3.05) is 13.1 Å². The largest absolute Gasteiger partial charge is 0.305 e. The summed E-state index contributed by atoms with van der Waals surface area (Å²) >= 11 is 0. The molecule has 2 aliphatic heterocycles. The molecule has 0 bridgehead atoms. The number of hydrogen-bond donors (Lipinski definition) is 0. The lowest BCUT2D eigenvalue weighted by atomic mass is 10.1. The maximum atomic E-state index is 2.42. The van der Waals surface area contributed by atoms with E-state index in [1.165, 1.54) is 30.4 Å². The number of rotatable bonds is 1. The van der Waals surface area contributed by atoms with Crippen LogP contribution >= 0.6 is 0 Å². The van der Waals surface area contributed by atoms with E-state index >= 15 is 0 Å². The van der Waals surface area contributed by atoms with Gasteiger partial charge in [0.2, 0.25) is 0 Å². The molecule has 74 valence electrons. The summed E-state index contributed by atoms with van der Waals surface area (Å²) in [7, 11) is 0. The fourth-order valence-corrected chi connectivity index (χ4v) is 3.45. The molecule has 2 aliphatic rings. The standard InChI is InChI=1S/C13H18N/c1-11-13(12-7-3-2-4-8-12)14(11)9-5-6-10-14/h2-4,7-8,11,13H,5-6,9-10H2,1H3/q+1/t11-,13+/m0/s1. The highest BCUT2D eigenvalue weighted by Crippen LogP contribution is 2.54. The van der Waals surface area contributed by atoms with Crippen molar-refractivity contribution >= 4 is 0 Å². The Morgan fingerprint density at radius 3 is 2.36 bits per heavy atom. The average Bonchev–Trinajstić information content (AvgIpc) is 2.64. The van der Waals surface area contributed by atoms with Crippen LogP contribution in [0.15, 0.2) is 30.3 Å².